The minimum absolute atomic E-state index is 0.0231. The molecule has 134 valence electrons. The van der Waals surface area contributed by atoms with E-state index in [1.165, 1.54) is 0 Å². The second kappa shape index (κ2) is 7.73. The first-order valence-corrected chi connectivity index (χ1v) is 10.4. The van der Waals surface area contributed by atoms with Crippen molar-refractivity contribution in [3.63, 3.8) is 0 Å². The van der Waals surface area contributed by atoms with E-state index in [0.717, 1.165) is 24.8 Å². The Balaban J connectivity index is 2.11. The zero-order valence-electron chi connectivity index (χ0n) is 14.0. The molecule has 0 saturated heterocycles. The summed E-state index contributed by atoms with van der Waals surface area (Å²) in [5.74, 6) is -0.0958. The van der Waals surface area contributed by atoms with Crippen LogP contribution in [0.4, 0.5) is 0 Å². The van der Waals surface area contributed by atoms with Gasteiger partial charge >= 0.3 is 0 Å². The van der Waals surface area contributed by atoms with Gasteiger partial charge in [0.25, 0.3) is 0 Å². The fourth-order valence-corrected chi connectivity index (χ4v) is 4.60. The Morgan fingerprint density at radius 2 is 1.88 bits per heavy atom. The zero-order chi connectivity index (χ0) is 18.0. The number of carbonyl (C=O) groups is 1. The molecule has 0 atom stereocenters. The van der Waals surface area contributed by atoms with Crippen LogP contribution in [0.1, 0.15) is 37.7 Å². The molecule has 0 bridgehead atoms. The molecule has 0 heterocycles. The van der Waals surface area contributed by atoms with Gasteiger partial charge < -0.3 is 4.90 Å². The van der Waals surface area contributed by atoms with Crippen molar-refractivity contribution in [2.24, 2.45) is 0 Å². The second-order valence-corrected chi connectivity index (χ2v) is 9.69. The Morgan fingerprint density at radius 3 is 2.38 bits per heavy atom. The molecule has 1 fully saturated rings. The van der Waals surface area contributed by atoms with Crippen LogP contribution in [-0.2, 0) is 20.0 Å². The van der Waals surface area contributed by atoms with E-state index < -0.39 is 20.4 Å². The summed E-state index contributed by atoms with van der Waals surface area (Å²) < 4.78 is 24.5. The van der Waals surface area contributed by atoms with Gasteiger partial charge in [0.2, 0.25) is 15.0 Å². The van der Waals surface area contributed by atoms with Crippen LogP contribution in [0, 0.1) is 0 Å². The lowest BCUT2D eigenvalue weighted by atomic mass is 9.63. The fraction of sp³-hybridized carbons (Fsp3) is 0.588. The number of hydrogen-bond acceptors (Lipinski definition) is 4. The first-order chi connectivity index (χ1) is 11.2. The highest BCUT2D eigenvalue weighted by Crippen LogP contribution is 2.48. The average Bonchev–Trinajstić information content (AvgIpc) is 2.45. The topological polar surface area (TPSA) is 54.5 Å². The van der Waals surface area contributed by atoms with Crippen molar-refractivity contribution in [2.45, 2.75) is 37.5 Å². The molecule has 24 heavy (non-hydrogen) atoms. The van der Waals surface area contributed by atoms with Gasteiger partial charge in [0.1, 0.15) is 0 Å². The van der Waals surface area contributed by atoms with Crippen LogP contribution in [0.25, 0.3) is 0 Å². The zero-order valence-corrected chi connectivity index (χ0v) is 16.3. The highest BCUT2D eigenvalue weighted by Gasteiger charge is 2.43. The molecule has 0 aliphatic heterocycles. The van der Waals surface area contributed by atoms with Crippen LogP contribution in [0.2, 0.25) is 10.0 Å². The van der Waals surface area contributed by atoms with Crippen molar-refractivity contribution in [1.82, 2.24) is 4.90 Å². The van der Waals surface area contributed by atoms with E-state index in [-0.39, 0.29) is 12.2 Å². The molecule has 0 amide bonds. The molecular formula is C17H23Cl2NO3S. The number of carbonyl (C=O) groups excluding carboxylic acids is 1. The summed E-state index contributed by atoms with van der Waals surface area (Å²) in [5, 5.41) is 0.228. The highest BCUT2D eigenvalue weighted by atomic mass is 35.5. The molecule has 0 spiro atoms. The van der Waals surface area contributed by atoms with E-state index in [9.17, 15) is 13.2 Å². The van der Waals surface area contributed by atoms with Gasteiger partial charge in [-0.2, -0.15) is 0 Å². The summed E-state index contributed by atoms with van der Waals surface area (Å²) in [7, 11) is 0.0379. The average molecular weight is 392 g/mol. The molecule has 7 heteroatoms. The summed E-state index contributed by atoms with van der Waals surface area (Å²) in [4.78, 5) is 14.3. The van der Waals surface area contributed by atoms with E-state index >= 15 is 0 Å². The monoisotopic (exact) mass is 391 g/mol. The number of hydrogen-bond donors (Lipinski definition) is 0. The summed E-state index contributed by atoms with van der Waals surface area (Å²) in [6.45, 7) is 0.643. The normalized spacial score (nSPS) is 16.9. The highest BCUT2D eigenvalue weighted by molar-refractivity contribution is 8.06. The Labute approximate surface area is 154 Å². The first kappa shape index (κ1) is 19.7. The molecule has 1 aromatic rings. The smallest absolute Gasteiger partial charge is 0.247 e. The lowest BCUT2D eigenvalue weighted by molar-refractivity contribution is -0.113. The lowest BCUT2D eigenvalue weighted by Gasteiger charge is -2.42. The van der Waals surface area contributed by atoms with Crippen molar-refractivity contribution < 1.29 is 13.2 Å². The first-order valence-electron chi connectivity index (χ1n) is 8.02. The third-order valence-electron chi connectivity index (χ3n) is 4.69. The van der Waals surface area contributed by atoms with Crippen LogP contribution < -0.4 is 0 Å². The van der Waals surface area contributed by atoms with E-state index in [0.29, 0.717) is 23.0 Å². The molecule has 0 radical (unpaired) electrons. The van der Waals surface area contributed by atoms with Gasteiger partial charge in [-0.25, -0.2) is 8.42 Å². The van der Waals surface area contributed by atoms with Crippen molar-refractivity contribution in [2.75, 3.05) is 26.4 Å². The molecule has 4 nitrogen and oxygen atoms in total. The molecule has 2 rings (SSSR count). The molecule has 1 aromatic carbocycles. The summed E-state index contributed by atoms with van der Waals surface area (Å²) in [5.41, 5.74) is 0.486. The standard InChI is InChI=1S/C17H23Cl2NO3S/c1-20(2)9-4-10-24(22,23)16(21)12-17(7-3-8-17)13-5-6-14(18)15(19)11-13/h5-6,11H,3-4,7-10,12H2,1-2H3. The van der Waals surface area contributed by atoms with Crippen molar-refractivity contribution in [1.29, 1.82) is 0 Å². The van der Waals surface area contributed by atoms with Crippen LogP contribution >= 0.6 is 23.2 Å². The number of halogens is 2. The third-order valence-corrected chi connectivity index (χ3v) is 7.09. The van der Waals surface area contributed by atoms with E-state index in [1.807, 2.05) is 25.1 Å². The molecule has 1 saturated carbocycles. The quantitative estimate of drug-likeness (QED) is 0.710. The lowest BCUT2D eigenvalue weighted by Crippen LogP contribution is -2.38. The van der Waals surface area contributed by atoms with E-state index in [4.69, 9.17) is 23.2 Å². The van der Waals surface area contributed by atoms with Crippen LogP contribution in [0.3, 0.4) is 0 Å². The maximum atomic E-state index is 12.4. The molecule has 1 aliphatic carbocycles. The van der Waals surface area contributed by atoms with Gasteiger partial charge in [-0.3, -0.25) is 4.79 Å². The Morgan fingerprint density at radius 1 is 1.21 bits per heavy atom. The Hall–Kier alpha value is -0.620. The van der Waals surface area contributed by atoms with Gasteiger partial charge in [-0.15, -0.1) is 0 Å². The molecular weight excluding hydrogens is 369 g/mol. The Bertz CT molecular complexity index is 713. The Kier molecular flexibility index (Phi) is 6.35. The molecule has 0 unspecified atom stereocenters. The van der Waals surface area contributed by atoms with Crippen LogP contribution in [-0.4, -0.2) is 44.8 Å². The number of rotatable bonds is 7. The van der Waals surface area contributed by atoms with Gasteiger partial charge in [-0.05, 0) is 57.6 Å². The maximum Gasteiger partial charge on any atom is 0.247 e. The van der Waals surface area contributed by atoms with Crippen LogP contribution in [0.5, 0.6) is 0 Å². The molecule has 0 aromatic heterocycles. The van der Waals surface area contributed by atoms with Crippen molar-refractivity contribution >= 4 is 38.2 Å². The predicted octanol–water partition coefficient (Wildman–Crippen LogP) is 3.70. The number of sulfone groups is 1. The van der Waals surface area contributed by atoms with Gasteiger partial charge in [0, 0.05) is 11.8 Å². The minimum atomic E-state index is -3.72. The van der Waals surface area contributed by atoms with Gasteiger partial charge in [-0.1, -0.05) is 35.7 Å². The van der Waals surface area contributed by atoms with Crippen LogP contribution in [0.15, 0.2) is 18.2 Å². The number of nitrogens with zero attached hydrogens (tertiary/aromatic N) is 1. The van der Waals surface area contributed by atoms with Crippen molar-refractivity contribution in [3.05, 3.63) is 33.8 Å². The fourth-order valence-electron chi connectivity index (χ4n) is 3.07. The van der Waals surface area contributed by atoms with Gasteiger partial charge in [0.15, 0.2) is 0 Å². The third kappa shape index (κ3) is 4.51. The minimum Gasteiger partial charge on any atom is -0.309 e. The summed E-state index contributed by atoms with van der Waals surface area (Å²) >= 11 is 12.0. The van der Waals surface area contributed by atoms with E-state index in [1.54, 1.807) is 12.1 Å². The predicted molar refractivity (Wildman–Crippen MR) is 98.6 cm³/mol. The summed E-state index contributed by atoms with van der Waals surface area (Å²) in [6.07, 6.45) is 3.05. The maximum absolute atomic E-state index is 12.4. The molecule has 0 N–H and O–H groups in total. The number of benzene rings is 1. The van der Waals surface area contributed by atoms with Crippen molar-refractivity contribution in [3.8, 4) is 0 Å². The SMILES string of the molecule is CN(C)CCCS(=O)(=O)C(=O)CC1(c2ccc(Cl)c(Cl)c2)CCC1. The molecule has 1 aliphatic rings. The second-order valence-electron chi connectivity index (χ2n) is 6.79. The summed E-state index contributed by atoms with van der Waals surface area (Å²) in [6, 6.07) is 5.31. The largest absolute Gasteiger partial charge is 0.309 e. The van der Waals surface area contributed by atoms with Gasteiger partial charge in [0.05, 0.1) is 15.8 Å². The van der Waals surface area contributed by atoms with E-state index in [2.05, 4.69) is 0 Å².